The molecular formula is C19H21NO. The van der Waals surface area contributed by atoms with Crippen LogP contribution in [0.3, 0.4) is 0 Å². The lowest BCUT2D eigenvalue weighted by Crippen LogP contribution is -2.27. The summed E-state index contributed by atoms with van der Waals surface area (Å²) >= 11 is 0. The molecule has 0 aliphatic heterocycles. The SMILES string of the molecule is C#CCOc1ccccc1CNC(C)Cc1ccccc1. The molecule has 2 nitrogen and oxygen atoms in total. The van der Waals surface area contributed by atoms with E-state index in [4.69, 9.17) is 11.2 Å². The molecule has 1 N–H and O–H groups in total. The first-order chi connectivity index (χ1) is 10.3. The van der Waals surface area contributed by atoms with Crippen molar-refractivity contribution in [2.75, 3.05) is 6.61 Å². The summed E-state index contributed by atoms with van der Waals surface area (Å²) in [5.74, 6) is 3.35. The topological polar surface area (TPSA) is 21.3 Å². The molecule has 2 heteroatoms. The van der Waals surface area contributed by atoms with Gasteiger partial charge in [-0.3, -0.25) is 0 Å². The van der Waals surface area contributed by atoms with Crippen LogP contribution in [0.2, 0.25) is 0 Å². The molecule has 108 valence electrons. The maximum Gasteiger partial charge on any atom is 0.148 e. The molecule has 0 spiro atoms. The Kier molecular flexibility index (Phi) is 5.87. The van der Waals surface area contributed by atoms with Crippen LogP contribution in [0.25, 0.3) is 0 Å². The third-order valence-electron chi connectivity index (χ3n) is 3.31. The molecule has 2 aromatic carbocycles. The fourth-order valence-electron chi connectivity index (χ4n) is 2.23. The summed E-state index contributed by atoms with van der Waals surface area (Å²) in [7, 11) is 0. The number of rotatable bonds is 7. The maximum atomic E-state index is 5.56. The van der Waals surface area contributed by atoms with Crippen LogP contribution in [-0.4, -0.2) is 12.6 Å². The highest BCUT2D eigenvalue weighted by Gasteiger charge is 2.06. The fraction of sp³-hybridized carbons (Fsp3) is 0.263. The Morgan fingerprint density at radius 1 is 1.10 bits per heavy atom. The molecule has 0 fully saturated rings. The zero-order chi connectivity index (χ0) is 14.9. The van der Waals surface area contributed by atoms with Gasteiger partial charge in [0.25, 0.3) is 0 Å². The summed E-state index contributed by atoms with van der Waals surface area (Å²) in [6.45, 7) is 3.27. The molecular weight excluding hydrogens is 258 g/mol. The van der Waals surface area contributed by atoms with Gasteiger partial charge in [-0.05, 0) is 25.0 Å². The number of hydrogen-bond acceptors (Lipinski definition) is 2. The smallest absolute Gasteiger partial charge is 0.148 e. The molecule has 2 aromatic rings. The molecule has 0 aliphatic carbocycles. The molecule has 0 aromatic heterocycles. The predicted octanol–water partition coefficient (Wildman–Crippen LogP) is 3.42. The highest BCUT2D eigenvalue weighted by molar-refractivity contribution is 5.33. The molecule has 0 saturated heterocycles. The van der Waals surface area contributed by atoms with Crippen molar-refractivity contribution in [3.05, 3.63) is 65.7 Å². The van der Waals surface area contributed by atoms with Crippen LogP contribution in [0.4, 0.5) is 0 Å². The van der Waals surface area contributed by atoms with Crippen molar-refractivity contribution in [1.82, 2.24) is 5.32 Å². The quantitative estimate of drug-likeness (QED) is 0.784. The Labute approximate surface area is 127 Å². The van der Waals surface area contributed by atoms with Crippen molar-refractivity contribution < 1.29 is 4.74 Å². The largest absolute Gasteiger partial charge is 0.481 e. The number of para-hydroxylation sites is 1. The second kappa shape index (κ2) is 8.14. The minimum Gasteiger partial charge on any atom is -0.481 e. The lowest BCUT2D eigenvalue weighted by molar-refractivity contribution is 0.363. The van der Waals surface area contributed by atoms with Gasteiger partial charge in [-0.1, -0.05) is 54.5 Å². The monoisotopic (exact) mass is 279 g/mol. The van der Waals surface area contributed by atoms with E-state index < -0.39 is 0 Å². The number of nitrogens with one attached hydrogen (secondary N) is 1. The summed E-state index contributed by atoms with van der Waals surface area (Å²) < 4.78 is 5.56. The van der Waals surface area contributed by atoms with E-state index in [1.54, 1.807) is 0 Å². The number of benzene rings is 2. The first-order valence-corrected chi connectivity index (χ1v) is 7.21. The van der Waals surface area contributed by atoms with E-state index in [1.165, 1.54) is 5.56 Å². The zero-order valence-corrected chi connectivity index (χ0v) is 12.4. The number of hydrogen-bond donors (Lipinski definition) is 1. The standard InChI is InChI=1S/C19H21NO/c1-3-13-21-19-12-8-7-11-18(19)15-20-16(2)14-17-9-5-4-6-10-17/h1,4-12,16,20H,13-15H2,2H3. The summed E-state index contributed by atoms with van der Waals surface area (Å²) in [4.78, 5) is 0. The number of terminal acetylenes is 1. The van der Waals surface area contributed by atoms with Crippen molar-refractivity contribution >= 4 is 0 Å². The highest BCUT2D eigenvalue weighted by atomic mass is 16.5. The van der Waals surface area contributed by atoms with Crippen molar-refractivity contribution in [2.24, 2.45) is 0 Å². The lowest BCUT2D eigenvalue weighted by atomic mass is 10.1. The fourth-order valence-corrected chi connectivity index (χ4v) is 2.23. The summed E-state index contributed by atoms with van der Waals surface area (Å²) in [5, 5.41) is 3.53. The summed E-state index contributed by atoms with van der Waals surface area (Å²) in [5.41, 5.74) is 2.47. The van der Waals surface area contributed by atoms with Crippen molar-refractivity contribution in [2.45, 2.75) is 25.9 Å². The molecule has 0 heterocycles. The van der Waals surface area contributed by atoms with E-state index in [-0.39, 0.29) is 0 Å². The summed E-state index contributed by atoms with van der Waals surface area (Å²) in [6, 6.07) is 18.9. The van der Waals surface area contributed by atoms with Crippen LogP contribution in [0.1, 0.15) is 18.1 Å². The highest BCUT2D eigenvalue weighted by Crippen LogP contribution is 2.17. The first-order valence-electron chi connectivity index (χ1n) is 7.21. The first kappa shape index (κ1) is 15.2. The Hall–Kier alpha value is -2.24. The Balaban J connectivity index is 1.89. The van der Waals surface area contributed by atoms with Crippen molar-refractivity contribution in [3.8, 4) is 18.1 Å². The second-order valence-corrected chi connectivity index (χ2v) is 5.07. The average Bonchev–Trinajstić information content (AvgIpc) is 2.52. The predicted molar refractivity (Wildman–Crippen MR) is 87.2 cm³/mol. The molecule has 0 amide bonds. The maximum absolute atomic E-state index is 5.56. The Morgan fingerprint density at radius 3 is 2.57 bits per heavy atom. The van der Waals surface area contributed by atoms with Gasteiger partial charge in [-0.15, -0.1) is 6.42 Å². The third-order valence-corrected chi connectivity index (χ3v) is 3.31. The Bertz CT molecular complexity index is 586. The lowest BCUT2D eigenvalue weighted by Gasteiger charge is -2.16. The van der Waals surface area contributed by atoms with E-state index in [0.29, 0.717) is 12.6 Å². The zero-order valence-electron chi connectivity index (χ0n) is 12.4. The van der Waals surface area contributed by atoms with Crippen LogP contribution >= 0.6 is 0 Å². The average molecular weight is 279 g/mol. The third kappa shape index (κ3) is 4.98. The van der Waals surface area contributed by atoms with Crippen LogP contribution < -0.4 is 10.1 Å². The normalized spacial score (nSPS) is 11.6. The van der Waals surface area contributed by atoms with E-state index in [2.05, 4.69) is 48.5 Å². The molecule has 0 bridgehead atoms. The molecule has 0 aliphatic rings. The van der Waals surface area contributed by atoms with Crippen LogP contribution in [0.15, 0.2) is 54.6 Å². The van der Waals surface area contributed by atoms with Gasteiger partial charge in [0.05, 0.1) is 0 Å². The van der Waals surface area contributed by atoms with Gasteiger partial charge in [0.15, 0.2) is 0 Å². The van der Waals surface area contributed by atoms with E-state index in [0.717, 1.165) is 24.3 Å². The van der Waals surface area contributed by atoms with E-state index in [1.807, 2.05) is 24.3 Å². The van der Waals surface area contributed by atoms with Gasteiger partial charge < -0.3 is 10.1 Å². The van der Waals surface area contributed by atoms with Crippen molar-refractivity contribution in [1.29, 1.82) is 0 Å². The molecule has 21 heavy (non-hydrogen) atoms. The molecule has 2 rings (SSSR count). The van der Waals surface area contributed by atoms with E-state index >= 15 is 0 Å². The molecule has 0 saturated carbocycles. The number of ether oxygens (including phenoxy) is 1. The minimum absolute atomic E-state index is 0.302. The van der Waals surface area contributed by atoms with Gasteiger partial charge in [0.2, 0.25) is 0 Å². The van der Waals surface area contributed by atoms with Gasteiger partial charge in [-0.25, -0.2) is 0 Å². The van der Waals surface area contributed by atoms with Gasteiger partial charge in [-0.2, -0.15) is 0 Å². The molecule has 1 unspecified atom stereocenters. The molecule has 0 radical (unpaired) electrons. The van der Waals surface area contributed by atoms with Crippen LogP contribution in [-0.2, 0) is 13.0 Å². The van der Waals surface area contributed by atoms with Crippen LogP contribution in [0, 0.1) is 12.3 Å². The van der Waals surface area contributed by atoms with Gasteiger partial charge in [0, 0.05) is 18.2 Å². The molecule has 1 atom stereocenters. The van der Waals surface area contributed by atoms with Gasteiger partial charge in [0.1, 0.15) is 12.4 Å². The van der Waals surface area contributed by atoms with E-state index in [9.17, 15) is 0 Å². The van der Waals surface area contributed by atoms with Gasteiger partial charge >= 0.3 is 0 Å². The summed E-state index contributed by atoms with van der Waals surface area (Å²) in [6.07, 6.45) is 6.25. The van der Waals surface area contributed by atoms with Crippen molar-refractivity contribution in [3.63, 3.8) is 0 Å². The minimum atomic E-state index is 0.302. The second-order valence-electron chi connectivity index (χ2n) is 5.07. The van der Waals surface area contributed by atoms with Crippen LogP contribution in [0.5, 0.6) is 5.75 Å². The Morgan fingerprint density at radius 2 is 1.81 bits per heavy atom.